The molecule has 0 spiro atoms. The minimum atomic E-state index is -0.146. The molecule has 78 valence electrons. The fraction of sp³-hybridized carbons (Fsp3) is 0.200. The van der Waals surface area contributed by atoms with Crippen molar-refractivity contribution in [2.45, 2.75) is 12.3 Å². The molecule has 5 heteroatoms. The highest BCUT2D eigenvalue weighted by atomic mass is 79.9. The van der Waals surface area contributed by atoms with Crippen LogP contribution in [0.3, 0.4) is 0 Å². The van der Waals surface area contributed by atoms with Crippen molar-refractivity contribution in [2.75, 3.05) is 0 Å². The summed E-state index contributed by atoms with van der Waals surface area (Å²) in [5, 5.41) is 0.493. The molecular weight excluding hydrogens is 260 g/mol. The second kappa shape index (κ2) is 4.02. The van der Waals surface area contributed by atoms with Crippen LogP contribution in [0.25, 0.3) is 11.6 Å². The molecule has 4 nitrogen and oxygen atoms in total. The van der Waals surface area contributed by atoms with Crippen LogP contribution in [0.5, 0.6) is 0 Å². The van der Waals surface area contributed by atoms with E-state index in [4.69, 9.17) is 4.42 Å². The summed E-state index contributed by atoms with van der Waals surface area (Å²) in [5.41, 5.74) is 1.40. The summed E-state index contributed by atoms with van der Waals surface area (Å²) in [7, 11) is 0. The highest BCUT2D eigenvalue weighted by Crippen LogP contribution is 2.19. The first-order chi connectivity index (χ1) is 7.22. The van der Waals surface area contributed by atoms with Gasteiger partial charge in [-0.05, 0) is 18.6 Å². The number of hydrogen-bond acceptors (Lipinski definition) is 3. The van der Waals surface area contributed by atoms with Gasteiger partial charge in [0, 0.05) is 17.1 Å². The lowest BCUT2D eigenvalue weighted by Crippen LogP contribution is -2.13. The SMILES string of the molecule is Cc1ccoc1-c1ncc(CBr)c(=O)[nH]1. The third-order valence-corrected chi connectivity index (χ3v) is 2.70. The third-order valence-electron chi connectivity index (χ3n) is 2.09. The van der Waals surface area contributed by atoms with Gasteiger partial charge in [-0.2, -0.15) is 0 Å². The number of aromatic amines is 1. The molecule has 0 fully saturated rings. The summed E-state index contributed by atoms with van der Waals surface area (Å²) in [6.07, 6.45) is 3.12. The van der Waals surface area contributed by atoms with Crippen molar-refractivity contribution >= 4 is 15.9 Å². The monoisotopic (exact) mass is 268 g/mol. The highest BCUT2D eigenvalue weighted by molar-refractivity contribution is 9.08. The molecule has 0 saturated heterocycles. The van der Waals surface area contributed by atoms with Gasteiger partial charge in [0.25, 0.3) is 5.56 Å². The molecule has 0 aliphatic heterocycles. The Kier molecular flexibility index (Phi) is 2.73. The van der Waals surface area contributed by atoms with Crippen LogP contribution in [0.2, 0.25) is 0 Å². The van der Waals surface area contributed by atoms with E-state index < -0.39 is 0 Å². The van der Waals surface area contributed by atoms with Crippen LogP contribution in [-0.4, -0.2) is 9.97 Å². The number of rotatable bonds is 2. The fourth-order valence-electron chi connectivity index (χ4n) is 1.25. The van der Waals surface area contributed by atoms with Crippen LogP contribution in [0.15, 0.2) is 27.7 Å². The normalized spacial score (nSPS) is 10.5. The molecule has 0 bridgehead atoms. The maximum Gasteiger partial charge on any atom is 0.255 e. The van der Waals surface area contributed by atoms with E-state index in [0.717, 1.165) is 5.56 Å². The van der Waals surface area contributed by atoms with E-state index in [1.807, 2.05) is 13.0 Å². The van der Waals surface area contributed by atoms with Crippen LogP contribution in [-0.2, 0) is 5.33 Å². The summed E-state index contributed by atoms with van der Waals surface area (Å²) in [5.74, 6) is 1.07. The van der Waals surface area contributed by atoms with Crippen molar-refractivity contribution in [2.24, 2.45) is 0 Å². The molecule has 0 amide bonds. The lowest BCUT2D eigenvalue weighted by molar-refractivity contribution is 0.575. The number of hydrogen-bond donors (Lipinski definition) is 1. The first-order valence-electron chi connectivity index (χ1n) is 4.41. The largest absolute Gasteiger partial charge is 0.461 e. The minimum absolute atomic E-state index is 0.146. The number of nitrogens with zero attached hydrogens (tertiary/aromatic N) is 1. The smallest absolute Gasteiger partial charge is 0.255 e. The number of nitrogens with one attached hydrogen (secondary N) is 1. The third kappa shape index (κ3) is 1.87. The van der Waals surface area contributed by atoms with E-state index in [-0.39, 0.29) is 5.56 Å². The Morgan fingerprint density at radius 3 is 2.93 bits per heavy atom. The lowest BCUT2D eigenvalue weighted by atomic mass is 10.2. The fourth-order valence-corrected chi connectivity index (χ4v) is 1.65. The van der Waals surface area contributed by atoms with E-state index in [2.05, 4.69) is 25.9 Å². The van der Waals surface area contributed by atoms with Crippen LogP contribution < -0.4 is 5.56 Å². The predicted octanol–water partition coefficient (Wildman–Crippen LogP) is 2.23. The summed E-state index contributed by atoms with van der Waals surface area (Å²) in [6, 6.07) is 1.83. The quantitative estimate of drug-likeness (QED) is 0.850. The second-order valence-corrected chi connectivity index (χ2v) is 3.71. The zero-order valence-corrected chi connectivity index (χ0v) is 9.67. The number of aryl methyl sites for hydroxylation is 1. The highest BCUT2D eigenvalue weighted by Gasteiger charge is 2.09. The van der Waals surface area contributed by atoms with Gasteiger partial charge in [-0.15, -0.1) is 0 Å². The lowest BCUT2D eigenvalue weighted by Gasteiger charge is -1.99. The van der Waals surface area contributed by atoms with Crippen molar-refractivity contribution in [1.82, 2.24) is 9.97 Å². The summed E-state index contributed by atoms with van der Waals surface area (Å²) >= 11 is 3.21. The van der Waals surface area contributed by atoms with Crippen molar-refractivity contribution in [1.29, 1.82) is 0 Å². The van der Waals surface area contributed by atoms with E-state index in [1.165, 1.54) is 0 Å². The Balaban J connectivity index is 2.52. The van der Waals surface area contributed by atoms with Crippen LogP contribution in [0, 0.1) is 6.92 Å². The Morgan fingerprint density at radius 2 is 2.40 bits per heavy atom. The van der Waals surface area contributed by atoms with Crippen LogP contribution in [0.4, 0.5) is 0 Å². The molecule has 1 N–H and O–H groups in total. The molecule has 0 atom stereocenters. The Bertz CT molecular complexity index is 530. The number of aromatic nitrogens is 2. The van der Waals surface area contributed by atoms with Gasteiger partial charge in [0.15, 0.2) is 11.6 Å². The maximum absolute atomic E-state index is 11.5. The molecule has 2 aromatic heterocycles. The molecule has 0 unspecified atom stereocenters. The molecule has 2 rings (SSSR count). The summed E-state index contributed by atoms with van der Waals surface area (Å²) < 4.78 is 5.23. The molecule has 15 heavy (non-hydrogen) atoms. The minimum Gasteiger partial charge on any atom is -0.461 e. The van der Waals surface area contributed by atoms with Gasteiger partial charge in [0.2, 0.25) is 0 Å². The van der Waals surface area contributed by atoms with Crippen molar-refractivity contribution in [3.05, 3.63) is 40.0 Å². The Morgan fingerprint density at radius 1 is 1.60 bits per heavy atom. The average molecular weight is 269 g/mol. The molecule has 0 saturated carbocycles. The van der Waals surface area contributed by atoms with Gasteiger partial charge in [-0.25, -0.2) is 4.98 Å². The van der Waals surface area contributed by atoms with Crippen LogP contribution >= 0.6 is 15.9 Å². The van der Waals surface area contributed by atoms with Crippen molar-refractivity contribution in [3.8, 4) is 11.6 Å². The zero-order valence-electron chi connectivity index (χ0n) is 8.08. The molecule has 0 aliphatic carbocycles. The molecule has 2 aromatic rings. The molecular formula is C10H9BrN2O2. The van der Waals surface area contributed by atoms with E-state index in [0.29, 0.717) is 22.5 Å². The van der Waals surface area contributed by atoms with Gasteiger partial charge >= 0.3 is 0 Å². The van der Waals surface area contributed by atoms with Gasteiger partial charge in [0.05, 0.1) is 6.26 Å². The van der Waals surface area contributed by atoms with Crippen molar-refractivity contribution < 1.29 is 4.42 Å². The molecule has 0 aliphatic rings. The topological polar surface area (TPSA) is 58.9 Å². The van der Waals surface area contributed by atoms with Gasteiger partial charge < -0.3 is 9.40 Å². The second-order valence-electron chi connectivity index (χ2n) is 3.15. The summed E-state index contributed by atoms with van der Waals surface area (Å²) in [6.45, 7) is 1.90. The first kappa shape index (κ1) is 10.2. The number of furan rings is 1. The van der Waals surface area contributed by atoms with Gasteiger partial charge in [0.1, 0.15) is 0 Å². The average Bonchev–Trinajstić information content (AvgIpc) is 2.64. The molecule has 0 radical (unpaired) electrons. The van der Waals surface area contributed by atoms with E-state index in [1.54, 1.807) is 12.5 Å². The maximum atomic E-state index is 11.5. The predicted molar refractivity (Wildman–Crippen MR) is 59.9 cm³/mol. The first-order valence-corrected chi connectivity index (χ1v) is 5.53. The molecule has 2 heterocycles. The van der Waals surface area contributed by atoms with Gasteiger partial charge in [-0.3, -0.25) is 4.79 Å². The molecule has 0 aromatic carbocycles. The zero-order chi connectivity index (χ0) is 10.8. The number of H-pyrrole nitrogens is 1. The summed E-state index contributed by atoms with van der Waals surface area (Å²) in [4.78, 5) is 18.3. The van der Waals surface area contributed by atoms with E-state index >= 15 is 0 Å². The van der Waals surface area contributed by atoms with Crippen molar-refractivity contribution in [3.63, 3.8) is 0 Å². The standard InChI is InChI=1S/C10H9BrN2O2/c1-6-2-3-15-8(6)9-12-5-7(4-11)10(14)13-9/h2-3,5H,4H2,1H3,(H,12,13,14). The van der Waals surface area contributed by atoms with Crippen LogP contribution in [0.1, 0.15) is 11.1 Å². The Labute approximate surface area is 94.5 Å². The van der Waals surface area contributed by atoms with E-state index in [9.17, 15) is 4.79 Å². The Hall–Kier alpha value is -1.36. The number of halogens is 1. The van der Waals surface area contributed by atoms with Gasteiger partial charge in [-0.1, -0.05) is 15.9 Å². The number of alkyl halides is 1.